The molecule has 1 saturated carbocycles. The van der Waals surface area contributed by atoms with E-state index in [0.717, 1.165) is 25.0 Å². The molecule has 0 heterocycles. The summed E-state index contributed by atoms with van der Waals surface area (Å²) in [6, 6.07) is 0. The molecule has 0 saturated heterocycles. The fourth-order valence-corrected chi connectivity index (χ4v) is 1.22. The summed E-state index contributed by atoms with van der Waals surface area (Å²) >= 11 is 0. The number of hydrogen-bond donors (Lipinski definition) is 2. The lowest BCUT2D eigenvalue weighted by Gasteiger charge is -2.17. The van der Waals surface area contributed by atoms with Crippen molar-refractivity contribution in [3.05, 3.63) is 0 Å². The van der Waals surface area contributed by atoms with Crippen molar-refractivity contribution in [3.63, 3.8) is 0 Å². The Hall–Kier alpha value is -0.660. The van der Waals surface area contributed by atoms with Gasteiger partial charge in [-0.15, -0.1) is 0 Å². The molecule has 1 fully saturated rings. The molecule has 1 rings (SSSR count). The largest absolute Gasteiger partial charge is 0.312 e. The van der Waals surface area contributed by atoms with E-state index in [1.165, 1.54) is 12.6 Å². The van der Waals surface area contributed by atoms with E-state index in [0.29, 0.717) is 0 Å². The van der Waals surface area contributed by atoms with Crippen molar-refractivity contribution in [2.45, 2.75) is 25.7 Å². The summed E-state index contributed by atoms with van der Waals surface area (Å²) < 4.78 is 0. The van der Waals surface area contributed by atoms with E-state index in [9.17, 15) is 0 Å². The first-order valence-corrected chi connectivity index (χ1v) is 3.42. The van der Waals surface area contributed by atoms with Crippen LogP contribution < -0.4 is 0 Å². The molecule has 0 aromatic carbocycles. The van der Waals surface area contributed by atoms with Crippen LogP contribution in [0.5, 0.6) is 0 Å². The Balaban J connectivity index is 2.48. The van der Waals surface area contributed by atoms with E-state index >= 15 is 0 Å². The highest BCUT2D eigenvalue weighted by Gasteiger charge is 2.15. The highest BCUT2D eigenvalue weighted by atomic mass is 14.5. The molecule has 2 N–H and O–H groups in total. The molecule has 0 aromatic heterocycles. The molecular weight excluding hydrogens is 112 g/mol. The van der Waals surface area contributed by atoms with E-state index in [1.807, 2.05) is 0 Å². The maximum absolute atomic E-state index is 7.39. The van der Waals surface area contributed by atoms with E-state index < -0.39 is 0 Å². The average Bonchev–Trinajstić information content (AvgIpc) is 1.89. The van der Waals surface area contributed by atoms with Gasteiger partial charge in [-0.25, -0.2) is 0 Å². The zero-order valence-corrected chi connectivity index (χ0v) is 5.48. The molecule has 1 aliphatic rings. The fraction of sp³-hybridized carbons (Fsp3) is 0.714. The van der Waals surface area contributed by atoms with Gasteiger partial charge in [-0.3, -0.25) is 0 Å². The first-order chi connectivity index (χ1) is 4.34. The highest BCUT2D eigenvalue weighted by Crippen LogP contribution is 2.18. The summed E-state index contributed by atoms with van der Waals surface area (Å²) in [4.78, 5) is 0. The lowest BCUT2D eigenvalue weighted by molar-refractivity contribution is 0.614. The van der Waals surface area contributed by atoms with Gasteiger partial charge in [0, 0.05) is 17.8 Å². The molecule has 1 unspecified atom stereocenters. The molecule has 9 heavy (non-hydrogen) atoms. The normalized spacial score (nSPS) is 28.0. The van der Waals surface area contributed by atoms with Crippen LogP contribution in [-0.2, 0) is 0 Å². The van der Waals surface area contributed by atoms with Gasteiger partial charge in [0.25, 0.3) is 0 Å². The van der Waals surface area contributed by atoms with Crippen LogP contribution in [0.1, 0.15) is 25.7 Å². The van der Waals surface area contributed by atoms with Crippen molar-refractivity contribution in [3.8, 4) is 0 Å². The zero-order valence-electron chi connectivity index (χ0n) is 5.48. The quantitative estimate of drug-likeness (QED) is 0.501. The number of nitrogens with one attached hydrogen (secondary N) is 2. The van der Waals surface area contributed by atoms with Crippen LogP contribution in [0.4, 0.5) is 0 Å². The lowest BCUT2D eigenvalue weighted by atomic mass is 9.88. The Labute approximate surface area is 55.3 Å². The van der Waals surface area contributed by atoms with Crippen molar-refractivity contribution < 1.29 is 0 Å². The van der Waals surface area contributed by atoms with Crippen LogP contribution in [0.25, 0.3) is 0 Å². The second kappa shape index (κ2) is 2.76. The Morgan fingerprint density at radius 2 is 2.22 bits per heavy atom. The summed E-state index contributed by atoms with van der Waals surface area (Å²) in [6.45, 7) is 0. The lowest BCUT2D eigenvalue weighted by Crippen LogP contribution is -2.18. The van der Waals surface area contributed by atoms with Crippen molar-refractivity contribution in [1.29, 1.82) is 10.8 Å². The standard InChI is InChI=1S/C7H12N2/c8-5-6-3-1-2-4-7(6)9/h5-6,8-9H,1-4H2. The Kier molecular flexibility index (Phi) is 1.98. The Morgan fingerprint density at radius 3 is 2.67 bits per heavy atom. The SMILES string of the molecule is N=CC1CCCCC1=N. The second-order valence-electron chi connectivity index (χ2n) is 2.54. The molecule has 2 heteroatoms. The van der Waals surface area contributed by atoms with Crippen molar-refractivity contribution >= 4 is 11.9 Å². The molecule has 1 atom stereocenters. The van der Waals surface area contributed by atoms with Crippen molar-refractivity contribution in [2.24, 2.45) is 5.92 Å². The van der Waals surface area contributed by atoms with E-state index in [2.05, 4.69) is 0 Å². The van der Waals surface area contributed by atoms with Crippen LogP contribution in [0.3, 0.4) is 0 Å². The summed E-state index contributed by atoms with van der Waals surface area (Å²) in [5, 5.41) is 14.4. The second-order valence-corrected chi connectivity index (χ2v) is 2.54. The van der Waals surface area contributed by atoms with E-state index in [4.69, 9.17) is 10.8 Å². The van der Waals surface area contributed by atoms with Gasteiger partial charge in [0.05, 0.1) is 0 Å². The van der Waals surface area contributed by atoms with Gasteiger partial charge in [0.1, 0.15) is 0 Å². The van der Waals surface area contributed by atoms with Gasteiger partial charge in [-0.05, 0) is 19.3 Å². The molecule has 50 valence electrons. The topological polar surface area (TPSA) is 47.7 Å². The first kappa shape index (κ1) is 6.46. The molecule has 0 amide bonds. The van der Waals surface area contributed by atoms with Gasteiger partial charge < -0.3 is 10.8 Å². The average molecular weight is 124 g/mol. The van der Waals surface area contributed by atoms with Gasteiger partial charge in [0.15, 0.2) is 0 Å². The van der Waals surface area contributed by atoms with Crippen molar-refractivity contribution in [2.75, 3.05) is 0 Å². The zero-order chi connectivity index (χ0) is 6.69. The van der Waals surface area contributed by atoms with E-state index in [-0.39, 0.29) is 5.92 Å². The van der Waals surface area contributed by atoms with Gasteiger partial charge in [-0.2, -0.15) is 0 Å². The summed E-state index contributed by atoms with van der Waals surface area (Å²) in [5.74, 6) is 0.179. The Bertz CT molecular complexity index is 129. The van der Waals surface area contributed by atoms with Crippen LogP contribution in [-0.4, -0.2) is 11.9 Å². The molecular formula is C7H12N2. The Morgan fingerprint density at radius 1 is 1.44 bits per heavy atom. The summed E-state index contributed by atoms with van der Waals surface area (Å²) in [5.41, 5.74) is 0.760. The third kappa shape index (κ3) is 1.37. The third-order valence-corrected chi connectivity index (χ3v) is 1.86. The van der Waals surface area contributed by atoms with Crippen LogP contribution in [0.15, 0.2) is 0 Å². The molecule has 0 aliphatic heterocycles. The molecule has 1 aliphatic carbocycles. The number of rotatable bonds is 1. The number of hydrogen-bond acceptors (Lipinski definition) is 2. The third-order valence-electron chi connectivity index (χ3n) is 1.86. The van der Waals surface area contributed by atoms with Crippen LogP contribution in [0, 0.1) is 16.7 Å². The first-order valence-electron chi connectivity index (χ1n) is 3.42. The molecule has 0 bridgehead atoms. The predicted molar refractivity (Wildman–Crippen MR) is 38.5 cm³/mol. The maximum Gasteiger partial charge on any atom is 0.0313 e. The molecule has 0 radical (unpaired) electrons. The summed E-state index contributed by atoms with van der Waals surface area (Å²) in [6.07, 6.45) is 5.70. The smallest absolute Gasteiger partial charge is 0.0313 e. The fourth-order valence-electron chi connectivity index (χ4n) is 1.22. The maximum atomic E-state index is 7.39. The predicted octanol–water partition coefficient (Wildman–Crippen LogP) is 1.85. The minimum atomic E-state index is 0.179. The molecule has 0 aromatic rings. The monoisotopic (exact) mass is 124 g/mol. The van der Waals surface area contributed by atoms with Gasteiger partial charge >= 0.3 is 0 Å². The molecule has 0 spiro atoms. The van der Waals surface area contributed by atoms with E-state index in [1.54, 1.807) is 0 Å². The van der Waals surface area contributed by atoms with Gasteiger partial charge in [0.2, 0.25) is 0 Å². The highest BCUT2D eigenvalue weighted by molar-refractivity contribution is 5.96. The van der Waals surface area contributed by atoms with Crippen LogP contribution >= 0.6 is 0 Å². The summed E-state index contributed by atoms with van der Waals surface area (Å²) in [7, 11) is 0. The molecule has 2 nitrogen and oxygen atoms in total. The minimum absolute atomic E-state index is 0.179. The van der Waals surface area contributed by atoms with Crippen LogP contribution in [0.2, 0.25) is 0 Å². The van der Waals surface area contributed by atoms with Crippen molar-refractivity contribution in [1.82, 2.24) is 0 Å². The van der Waals surface area contributed by atoms with Gasteiger partial charge in [-0.1, -0.05) is 6.42 Å². The minimum Gasteiger partial charge on any atom is -0.312 e.